The quantitative estimate of drug-likeness (QED) is 0.499. The van der Waals surface area contributed by atoms with Gasteiger partial charge in [0.05, 0.1) is 10.7 Å². The number of aromatic nitrogens is 3. The molecular weight excluding hydrogens is 425 g/mol. The number of rotatable bonds is 5. The summed E-state index contributed by atoms with van der Waals surface area (Å²) in [7, 11) is 0. The molecule has 30 heavy (non-hydrogen) atoms. The Kier molecular flexibility index (Phi) is 5.97. The zero-order chi connectivity index (χ0) is 21.3. The second-order valence-electron chi connectivity index (χ2n) is 7.34. The lowest BCUT2D eigenvalue weighted by Gasteiger charge is -2.17. The molecule has 156 valence electrons. The van der Waals surface area contributed by atoms with E-state index < -0.39 is 6.03 Å². The average Bonchev–Trinajstić information content (AvgIpc) is 3.36. The molecule has 0 saturated carbocycles. The van der Waals surface area contributed by atoms with Crippen molar-refractivity contribution in [2.75, 3.05) is 5.32 Å². The van der Waals surface area contributed by atoms with Crippen LogP contribution in [0.4, 0.5) is 14.9 Å². The zero-order valence-electron chi connectivity index (χ0n) is 16.6. The molecule has 0 aliphatic heterocycles. The summed E-state index contributed by atoms with van der Waals surface area (Å²) in [6.07, 6.45) is 7.27. The van der Waals surface area contributed by atoms with Crippen LogP contribution in [-0.4, -0.2) is 20.8 Å². The average molecular weight is 446 g/mol. The summed E-state index contributed by atoms with van der Waals surface area (Å²) in [6.45, 7) is 3.99. The van der Waals surface area contributed by atoms with E-state index >= 15 is 0 Å². The summed E-state index contributed by atoms with van der Waals surface area (Å²) in [5, 5.41) is 8.27. The van der Waals surface area contributed by atoms with E-state index in [1.807, 2.05) is 13.8 Å². The van der Waals surface area contributed by atoms with E-state index in [2.05, 4.69) is 20.1 Å². The van der Waals surface area contributed by atoms with E-state index in [1.54, 1.807) is 35.4 Å². The van der Waals surface area contributed by atoms with Crippen molar-refractivity contribution in [2.45, 2.75) is 44.2 Å². The SMILES string of the molecule is CC(C)n1cc(Cl)c(SNC(=O)Nc2c(-c3ccncc3)cc(F)c3c2CCC3)n1. The van der Waals surface area contributed by atoms with Gasteiger partial charge in [-0.05, 0) is 68.0 Å². The summed E-state index contributed by atoms with van der Waals surface area (Å²) in [4.78, 5) is 16.7. The second-order valence-corrected chi connectivity index (χ2v) is 8.54. The van der Waals surface area contributed by atoms with Crippen molar-refractivity contribution >= 4 is 35.3 Å². The molecule has 0 spiro atoms. The predicted octanol–water partition coefficient (Wildman–Crippen LogP) is 5.64. The van der Waals surface area contributed by atoms with Gasteiger partial charge in [-0.15, -0.1) is 0 Å². The number of nitrogens with zero attached hydrogens (tertiary/aromatic N) is 3. The Hall–Kier alpha value is -2.58. The molecule has 0 saturated heterocycles. The van der Waals surface area contributed by atoms with Gasteiger partial charge in [0, 0.05) is 42.1 Å². The van der Waals surface area contributed by atoms with E-state index in [0.29, 0.717) is 33.3 Å². The normalized spacial score (nSPS) is 12.8. The minimum absolute atomic E-state index is 0.162. The van der Waals surface area contributed by atoms with Crippen LogP contribution in [-0.2, 0) is 12.8 Å². The van der Waals surface area contributed by atoms with E-state index in [9.17, 15) is 9.18 Å². The number of carbonyl (C=O) groups is 1. The minimum Gasteiger partial charge on any atom is -0.306 e. The number of halogens is 2. The number of hydrogen-bond acceptors (Lipinski definition) is 4. The Balaban J connectivity index is 1.58. The number of hydrogen-bond donors (Lipinski definition) is 2. The van der Waals surface area contributed by atoms with Crippen LogP contribution in [0.15, 0.2) is 41.8 Å². The van der Waals surface area contributed by atoms with Gasteiger partial charge in [-0.2, -0.15) is 5.10 Å². The van der Waals surface area contributed by atoms with Crippen LogP contribution >= 0.6 is 23.5 Å². The molecule has 0 atom stereocenters. The highest BCUT2D eigenvalue weighted by atomic mass is 35.5. The third kappa shape index (κ3) is 4.15. The lowest BCUT2D eigenvalue weighted by molar-refractivity contribution is 0.257. The first-order chi connectivity index (χ1) is 14.4. The lowest BCUT2D eigenvalue weighted by atomic mass is 9.97. The first kappa shape index (κ1) is 20.7. The van der Waals surface area contributed by atoms with E-state index in [4.69, 9.17) is 11.6 Å². The fourth-order valence-electron chi connectivity index (χ4n) is 3.55. The summed E-state index contributed by atoms with van der Waals surface area (Å²) in [6, 6.07) is 4.82. The largest absolute Gasteiger partial charge is 0.329 e. The summed E-state index contributed by atoms with van der Waals surface area (Å²) in [5.41, 5.74) is 3.59. The van der Waals surface area contributed by atoms with Gasteiger partial charge < -0.3 is 5.32 Å². The van der Waals surface area contributed by atoms with Gasteiger partial charge in [-0.3, -0.25) is 14.4 Å². The van der Waals surface area contributed by atoms with Crippen molar-refractivity contribution in [3.63, 3.8) is 0 Å². The molecule has 0 fully saturated rings. The van der Waals surface area contributed by atoms with Crippen molar-refractivity contribution in [3.05, 3.63) is 58.8 Å². The van der Waals surface area contributed by atoms with Gasteiger partial charge >= 0.3 is 6.03 Å². The topological polar surface area (TPSA) is 71.8 Å². The molecule has 0 unspecified atom stereocenters. The van der Waals surface area contributed by atoms with Crippen LogP contribution in [0.1, 0.15) is 37.4 Å². The zero-order valence-corrected chi connectivity index (χ0v) is 18.1. The molecule has 4 rings (SSSR count). The van der Waals surface area contributed by atoms with Gasteiger partial charge in [0.15, 0.2) is 5.03 Å². The molecular formula is C21H21ClFN5OS. The van der Waals surface area contributed by atoms with Crippen LogP contribution in [0.5, 0.6) is 0 Å². The van der Waals surface area contributed by atoms with E-state index in [-0.39, 0.29) is 11.9 Å². The van der Waals surface area contributed by atoms with Crippen LogP contribution in [0.3, 0.4) is 0 Å². The van der Waals surface area contributed by atoms with Gasteiger partial charge in [0.25, 0.3) is 0 Å². The Morgan fingerprint density at radius 2 is 2.00 bits per heavy atom. The third-order valence-corrected chi connectivity index (χ3v) is 6.17. The maximum atomic E-state index is 14.7. The predicted molar refractivity (Wildman–Crippen MR) is 117 cm³/mol. The molecule has 9 heteroatoms. The Morgan fingerprint density at radius 1 is 1.27 bits per heavy atom. The highest BCUT2D eigenvalue weighted by molar-refractivity contribution is 7.98. The molecule has 3 aromatic rings. The van der Waals surface area contributed by atoms with Crippen molar-refractivity contribution in [1.82, 2.24) is 19.5 Å². The number of nitrogens with one attached hydrogen (secondary N) is 2. The number of amides is 2. The lowest BCUT2D eigenvalue weighted by Crippen LogP contribution is -2.24. The number of urea groups is 1. The Labute approximate surface area is 183 Å². The molecule has 2 amide bonds. The first-order valence-corrected chi connectivity index (χ1v) is 10.9. The monoisotopic (exact) mass is 445 g/mol. The van der Waals surface area contributed by atoms with Gasteiger partial charge in [-0.1, -0.05) is 11.6 Å². The summed E-state index contributed by atoms with van der Waals surface area (Å²) in [5.74, 6) is -0.236. The van der Waals surface area contributed by atoms with Crippen molar-refractivity contribution in [3.8, 4) is 11.1 Å². The second kappa shape index (κ2) is 8.65. The minimum atomic E-state index is -0.425. The Bertz CT molecular complexity index is 1090. The van der Waals surface area contributed by atoms with Crippen LogP contribution in [0, 0.1) is 5.82 Å². The summed E-state index contributed by atoms with van der Waals surface area (Å²) >= 11 is 7.25. The number of pyridine rings is 1. The number of fused-ring (bicyclic) bond motifs is 1. The highest BCUT2D eigenvalue weighted by Crippen LogP contribution is 2.39. The highest BCUT2D eigenvalue weighted by Gasteiger charge is 2.24. The molecule has 2 aromatic heterocycles. The van der Waals surface area contributed by atoms with Crippen LogP contribution in [0.25, 0.3) is 11.1 Å². The summed E-state index contributed by atoms with van der Waals surface area (Å²) < 4.78 is 19.1. The molecule has 1 aliphatic rings. The molecule has 0 bridgehead atoms. The van der Waals surface area contributed by atoms with Gasteiger partial charge in [0.1, 0.15) is 5.82 Å². The maximum Gasteiger partial charge on any atom is 0.329 e. The standard InChI is InChI=1S/C21H21ClFN5OS/c1-12(2)28-11-17(22)20(26-28)30-27-21(29)25-19-15-5-3-4-14(15)18(23)10-16(19)13-6-8-24-9-7-13/h6-12H,3-5H2,1-2H3,(H2,25,27,29). The first-order valence-electron chi connectivity index (χ1n) is 9.67. The smallest absolute Gasteiger partial charge is 0.306 e. The molecule has 2 N–H and O–H groups in total. The molecule has 6 nitrogen and oxygen atoms in total. The molecule has 1 aliphatic carbocycles. The Morgan fingerprint density at radius 3 is 2.70 bits per heavy atom. The van der Waals surface area contributed by atoms with Gasteiger partial charge in [-0.25, -0.2) is 9.18 Å². The maximum absolute atomic E-state index is 14.7. The number of benzene rings is 1. The molecule has 1 aromatic carbocycles. The van der Waals surface area contributed by atoms with Crippen molar-refractivity contribution < 1.29 is 9.18 Å². The van der Waals surface area contributed by atoms with Crippen molar-refractivity contribution in [1.29, 1.82) is 0 Å². The number of anilines is 1. The fraction of sp³-hybridized carbons (Fsp3) is 0.286. The number of carbonyl (C=O) groups excluding carboxylic acids is 1. The van der Waals surface area contributed by atoms with E-state index in [1.165, 1.54) is 6.07 Å². The van der Waals surface area contributed by atoms with E-state index in [0.717, 1.165) is 35.9 Å². The van der Waals surface area contributed by atoms with Gasteiger partial charge in [0.2, 0.25) is 0 Å². The molecule has 0 radical (unpaired) electrons. The van der Waals surface area contributed by atoms with Crippen molar-refractivity contribution in [2.24, 2.45) is 0 Å². The molecule has 2 heterocycles. The van der Waals surface area contributed by atoms with Crippen LogP contribution in [0.2, 0.25) is 5.02 Å². The van der Waals surface area contributed by atoms with Crippen LogP contribution < -0.4 is 10.0 Å². The fourth-order valence-corrected chi connectivity index (χ4v) is 4.33. The third-order valence-electron chi connectivity index (χ3n) is 5.00.